The van der Waals surface area contributed by atoms with Crippen molar-refractivity contribution in [1.29, 1.82) is 0 Å². The summed E-state index contributed by atoms with van der Waals surface area (Å²) in [6.07, 6.45) is -6.00. The van der Waals surface area contributed by atoms with E-state index >= 15 is 0 Å². The number of benzene rings is 1. The van der Waals surface area contributed by atoms with Crippen molar-refractivity contribution >= 4 is 5.91 Å². The maximum atomic E-state index is 13.7. The number of carbonyl (C=O) groups excluding carboxylic acids is 1. The zero-order chi connectivity index (χ0) is 20.3. The van der Waals surface area contributed by atoms with Crippen LogP contribution in [0.3, 0.4) is 0 Å². The first-order valence-electron chi connectivity index (χ1n) is 8.72. The van der Waals surface area contributed by atoms with Crippen molar-refractivity contribution < 1.29 is 26.7 Å². The Morgan fingerprint density at radius 2 is 1.71 bits per heavy atom. The third kappa shape index (κ3) is 4.67. The fourth-order valence-corrected chi connectivity index (χ4v) is 3.11. The van der Waals surface area contributed by atoms with Gasteiger partial charge in [-0.15, -0.1) is 0 Å². The van der Waals surface area contributed by atoms with Gasteiger partial charge in [-0.25, -0.2) is 22.0 Å². The van der Waals surface area contributed by atoms with Gasteiger partial charge in [-0.05, 0) is 12.1 Å². The summed E-state index contributed by atoms with van der Waals surface area (Å²) in [7, 11) is 0. The number of carbonyl (C=O) groups is 1. The Kier molecular flexibility index (Phi) is 6.28. The molecule has 0 N–H and O–H groups in total. The van der Waals surface area contributed by atoms with E-state index in [1.807, 2.05) is 4.90 Å². The summed E-state index contributed by atoms with van der Waals surface area (Å²) in [6, 6.07) is 7.05. The van der Waals surface area contributed by atoms with Crippen LogP contribution >= 0.6 is 0 Å². The van der Waals surface area contributed by atoms with Crippen LogP contribution in [0, 0.1) is 5.82 Å². The molecule has 152 valence electrons. The zero-order valence-electron chi connectivity index (χ0n) is 14.9. The summed E-state index contributed by atoms with van der Waals surface area (Å²) in [6.45, 7) is 1.52. The van der Waals surface area contributed by atoms with Gasteiger partial charge in [0.25, 0.3) is 12.9 Å². The quantitative estimate of drug-likeness (QED) is 0.697. The van der Waals surface area contributed by atoms with E-state index in [0.29, 0.717) is 49.0 Å². The molecular formula is C18H19F5N4O. The minimum absolute atomic E-state index is 0.297. The Labute approximate surface area is 158 Å². The molecule has 1 saturated heterocycles. The predicted molar refractivity (Wildman–Crippen MR) is 90.4 cm³/mol. The van der Waals surface area contributed by atoms with E-state index in [9.17, 15) is 26.7 Å². The zero-order valence-corrected chi connectivity index (χ0v) is 14.9. The second-order valence-electron chi connectivity index (χ2n) is 6.50. The van der Waals surface area contributed by atoms with Gasteiger partial charge in [-0.1, -0.05) is 18.2 Å². The summed E-state index contributed by atoms with van der Waals surface area (Å²) < 4.78 is 65.9. The lowest BCUT2D eigenvalue weighted by molar-refractivity contribution is -0.134. The Morgan fingerprint density at radius 1 is 1.04 bits per heavy atom. The highest BCUT2D eigenvalue weighted by Crippen LogP contribution is 2.25. The third-order valence-electron chi connectivity index (χ3n) is 4.64. The average Bonchev–Trinajstić information content (AvgIpc) is 3.08. The fraction of sp³-hybridized carbons (Fsp3) is 0.444. The summed E-state index contributed by atoms with van der Waals surface area (Å²) in [5, 5.41) is 3.43. The van der Waals surface area contributed by atoms with Crippen molar-refractivity contribution in [1.82, 2.24) is 19.6 Å². The highest BCUT2D eigenvalue weighted by atomic mass is 19.3. The summed E-state index contributed by atoms with van der Waals surface area (Å²) in [4.78, 5) is 15.8. The Hall–Kier alpha value is -2.49. The molecule has 2 heterocycles. The first kappa shape index (κ1) is 20.2. The number of amides is 1. The number of nitrogens with zero attached hydrogens (tertiary/aromatic N) is 4. The number of rotatable bonds is 6. The van der Waals surface area contributed by atoms with Crippen LogP contribution in [0.5, 0.6) is 0 Å². The highest BCUT2D eigenvalue weighted by Gasteiger charge is 2.26. The van der Waals surface area contributed by atoms with Crippen LogP contribution in [0.1, 0.15) is 29.8 Å². The molecule has 5 nitrogen and oxygen atoms in total. The molecule has 2 aromatic rings. The number of halogens is 5. The van der Waals surface area contributed by atoms with Crippen LogP contribution in [-0.2, 0) is 17.9 Å². The Balaban J connectivity index is 1.58. The fourth-order valence-electron chi connectivity index (χ4n) is 3.11. The smallest absolute Gasteiger partial charge is 0.282 e. The maximum Gasteiger partial charge on any atom is 0.282 e. The van der Waals surface area contributed by atoms with Crippen molar-refractivity contribution in [2.75, 3.05) is 26.2 Å². The van der Waals surface area contributed by atoms with Crippen molar-refractivity contribution in [2.24, 2.45) is 0 Å². The molecule has 1 aliphatic heterocycles. The van der Waals surface area contributed by atoms with Gasteiger partial charge < -0.3 is 4.90 Å². The number of hydrogen-bond acceptors (Lipinski definition) is 3. The van der Waals surface area contributed by atoms with Gasteiger partial charge in [-0.3, -0.25) is 14.4 Å². The Morgan fingerprint density at radius 3 is 2.32 bits per heavy atom. The molecule has 1 aromatic carbocycles. The van der Waals surface area contributed by atoms with Gasteiger partial charge >= 0.3 is 0 Å². The molecule has 0 saturated carbocycles. The van der Waals surface area contributed by atoms with Crippen molar-refractivity contribution in [3.05, 3.63) is 53.1 Å². The maximum absolute atomic E-state index is 13.7. The molecule has 0 aliphatic carbocycles. The van der Waals surface area contributed by atoms with E-state index in [4.69, 9.17) is 0 Å². The van der Waals surface area contributed by atoms with Gasteiger partial charge in [0.1, 0.15) is 23.7 Å². The summed E-state index contributed by atoms with van der Waals surface area (Å²) >= 11 is 0. The first-order chi connectivity index (χ1) is 13.3. The van der Waals surface area contributed by atoms with E-state index in [1.165, 1.54) is 11.0 Å². The summed E-state index contributed by atoms with van der Waals surface area (Å²) in [5.74, 6) is -0.773. The molecule has 0 unspecified atom stereocenters. The molecule has 10 heteroatoms. The lowest BCUT2D eigenvalue weighted by Gasteiger charge is -2.34. The Bertz CT molecular complexity index is 818. The van der Waals surface area contributed by atoms with Crippen LogP contribution in [0.25, 0.3) is 0 Å². The van der Waals surface area contributed by atoms with Crippen LogP contribution in [0.2, 0.25) is 0 Å². The van der Waals surface area contributed by atoms with E-state index in [-0.39, 0.29) is 5.82 Å². The van der Waals surface area contributed by atoms with Crippen LogP contribution in [0.15, 0.2) is 30.3 Å². The molecule has 1 fully saturated rings. The van der Waals surface area contributed by atoms with E-state index in [2.05, 4.69) is 5.10 Å². The molecular weight excluding hydrogens is 383 g/mol. The minimum atomic E-state index is -3.01. The lowest BCUT2D eigenvalue weighted by Crippen LogP contribution is -2.49. The molecule has 3 rings (SSSR count). The van der Waals surface area contributed by atoms with Crippen LogP contribution in [0.4, 0.5) is 22.0 Å². The monoisotopic (exact) mass is 402 g/mol. The largest absolute Gasteiger partial charge is 0.339 e. The number of aromatic nitrogens is 2. The van der Waals surface area contributed by atoms with E-state index in [0.717, 1.165) is 0 Å². The van der Waals surface area contributed by atoms with Gasteiger partial charge in [0.05, 0.1) is 0 Å². The average molecular weight is 402 g/mol. The van der Waals surface area contributed by atoms with Crippen molar-refractivity contribution in [3.8, 4) is 0 Å². The third-order valence-corrected chi connectivity index (χ3v) is 4.64. The lowest BCUT2D eigenvalue weighted by atomic mass is 10.2. The second-order valence-corrected chi connectivity index (χ2v) is 6.50. The first-order valence-corrected chi connectivity index (χ1v) is 8.72. The SMILES string of the molecule is O=C(Cn1nc(C(F)F)cc1C(F)F)N1CCN(Cc2ccccc2F)CC1. The topological polar surface area (TPSA) is 41.4 Å². The number of hydrogen-bond donors (Lipinski definition) is 0. The normalized spacial score (nSPS) is 15.6. The molecule has 0 radical (unpaired) electrons. The van der Waals surface area contributed by atoms with Gasteiger partial charge in [0.15, 0.2) is 0 Å². The standard InChI is InChI=1S/C18H19F5N4O/c19-13-4-2-1-3-12(13)10-25-5-7-26(8-6-25)16(28)11-27-15(18(22)23)9-14(24-27)17(20)21/h1-4,9,17-18H,5-8,10-11H2. The minimum Gasteiger partial charge on any atom is -0.339 e. The molecule has 0 spiro atoms. The molecule has 0 bridgehead atoms. The molecule has 1 aliphatic rings. The van der Waals surface area contributed by atoms with Crippen molar-refractivity contribution in [3.63, 3.8) is 0 Å². The molecule has 0 atom stereocenters. The predicted octanol–water partition coefficient (Wildman–Crippen LogP) is 3.24. The van der Waals surface area contributed by atoms with Gasteiger partial charge in [-0.2, -0.15) is 5.10 Å². The van der Waals surface area contributed by atoms with E-state index < -0.39 is 36.7 Å². The second kappa shape index (κ2) is 8.68. The molecule has 28 heavy (non-hydrogen) atoms. The van der Waals surface area contributed by atoms with Crippen LogP contribution < -0.4 is 0 Å². The number of alkyl halides is 4. The van der Waals surface area contributed by atoms with Gasteiger partial charge in [0, 0.05) is 38.3 Å². The van der Waals surface area contributed by atoms with E-state index in [1.54, 1.807) is 18.2 Å². The van der Waals surface area contributed by atoms with Crippen LogP contribution in [-0.4, -0.2) is 51.7 Å². The highest BCUT2D eigenvalue weighted by molar-refractivity contribution is 5.76. The van der Waals surface area contributed by atoms with Gasteiger partial charge in [0.2, 0.25) is 5.91 Å². The molecule has 1 aromatic heterocycles. The number of piperazine rings is 1. The molecule has 1 amide bonds. The summed E-state index contributed by atoms with van der Waals surface area (Å²) in [5.41, 5.74) is -0.931. The van der Waals surface area contributed by atoms with Crippen molar-refractivity contribution in [2.45, 2.75) is 25.9 Å².